The molecule has 2 aromatic heterocycles. The second-order valence-electron chi connectivity index (χ2n) is 6.66. The number of nitrogens with zero attached hydrogens (tertiary/aromatic N) is 1. The van der Waals surface area contributed by atoms with E-state index < -0.39 is 0 Å². The summed E-state index contributed by atoms with van der Waals surface area (Å²) >= 11 is 1.63. The van der Waals surface area contributed by atoms with Crippen LogP contribution in [0.1, 0.15) is 0 Å². The lowest BCUT2D eigenvalue weighted by molar-refractivity contribution is 0.628. The SMILES string of the molecule is Fc1ccc(-c2cc3ccc(-c4cccc(-c5ccccc5)c4)nc3s2)cc1. The van der Waals surface area contributed by atoms with Gasteiger partial charge in [-0.25, -0.2) is 9.37 Å². The van der Waals surface area contributed by atoms with Crippen LogP contribution in [-0.2, 0) is 0 Å². The molecule has 0 amide bonds. The first-order valence-electron chi connectivity index (χ1n) is 9.09. The van der Waals surface area contributed by atoms with Gasteiger partial charge in [0, 0.05) is 15.8 Å². The zero-order valence-corrected chi connectivity index (χ0v) is 15.8. The monoisotopic (exact) mass is 381 g/mol. The summed E-state index contributed by atoms with van der Waals surface area (Å²) in [6.45, 7) is 0. The van der Waals surface area contributed by atoms with Crippen LogP contribution in [0.5, 0.6) is 0 Å². The Balaban J connectivity index is 1.54. The molecule has 3 heteroatoms. The van der Waals surface area contributed by atoms with E-state index in [2.05, 4.69) is 66.7 Å². The van der Waals surface area contributed by atoms with Gasteiger partial charge in [-0.3, -0.25) is 0 Å². The number of thiophene rings is 1. The summed E-state index contributed by atoms with van der Waals surface area (Å²) in [5.41, 5.74) is 5.44. The summed E-state index contributed by atoms with van der Waals surface area (Å²) in [7, 11) is 0. The van der Waals surface area contributed by atoms with E-state index in [1.807, 2.05) is 18.2 Å². The Hall–Kier alpha value is -3.30. The molecular weight excluding hydrogens is 365 g/mol. The highest BCUT2D eigenvalue weighted by Crippen LogP contribution is 2.34. The van der Waals surface area contributed by atoms with Gasteiger partial charge in [-0.1, -0.05) is 60.7 Å². The van der Waals surface area contributed by atoms with Crippen molar-refractivity contribution < 1.29 is 4.39 Å². The third kappa shape index (κ3) is 3.21. The highest BCUT2D eigenvalue weighted by molar-refractivity contribution is 7.21. The van der Waals surface area contributed by atoms with Gasteiger partial charge in [0.1, 0.15) is 10.6 Å². The molecule has 0 N–H and O–H groups in total. The Labute approximate surface area is 166 Å². The average molecular weight is 381 g/mol. The smallest absolute Gasteiger partial charge is 0.124 e. The molecular formula is C25H16FNS. The molecule has 0 saturated heterocycles. The Bertz CT molecular complexity index is 1260. The first kappa shape index (κ1) is 16.8. The van der Waals surface area contributed by atoms with Gasteiger partial charge in [-0.2, -0.15) is 0 Å². The molecule has 0 unspecified atom stereocenters. The Morgan fingerprint density at radius 2 is 1.36 bits per heavy atom. The first-order valence-corrected chi connectivity index (χ1v) is 9.90. The maximum atomic E-state index is 13.2. The highest BCUT2D eigenvalue weighted by Gasteiger charge is 2.08. The standard InChI is InChI=1S/C25H16FNS/c26-22-12-9-18(10-13-22)24-16-21-11-14-23(27-25(21)28-24)20-8-4-7-19(15-20)17-5-2-1-3-6-17/h1-16H. The molecule has 5 rings (SSSR count). The van der Waals surface area contributed by atoms with Crippen molar-refractivity contribution in [1.29, 1.82) is 0 Å². The Morgan fingerprint density at radius 3 is 2.18 bits per heavy atom. The fourth-order valence-electron chi connectivity index (χ4n) is 3.32. The van der Waals surface area contributed by atoms with E-state index in [1.54, 1.807) is 11.3 Å². The number of rotatable bonds is 3. The van der Waals surface area contributed by atoms with Crippen molar-refractivity contribution in [3.05, 3.63) is 103 Å². The average Bonchev–Trinajstić information content (AvgIpc) is 3.18. The lowest BCUT2D eigenvalue weighted by Crippen LogP contribution is -1.84. The van der Waals surface area contributed by atoms with Gasteiger partial charge >= 0.3 is 0 Å². The molecule has 28 heavy (non-hydrogen) atoms. The van der Waals surface area contributed by atoms with Crippen molar-refractivity contribution in [2.45, 2.75) is 0 Å². The van der Waals surface area contributed by atoms with Crippen LogP contribution in [0.2, 0.25) is 0 Å². The predicted octanol–water partition coefficient (Wildman–Crippen LogP) is 7.44. The number of fused-ring (bicyclic) bond motifs is 1. The van der Waals surface area contributed by atoms with Crippen molar-refractivity contribution >= 4 is 21.6 Å². The number of hydrogen-bond donors (Lipinski definition) is 0. The minimum atomic E-state index is -0.219. The summed E-state index contributed by atoms with van der Waals surface area (Å²) in [5.74, 6) is -0.219. The van der Waals surface area contributed by atoms with Gasteiger partial charge in [0.05, 0.1) is 5.69 Å². The second-order valence-corrected chi connectivity index (χ2v) is 7.69. The molecule has 0 radical (unpaired) electrons. The number of pyridine rings is 1. The summed E-state index contributed by atoms with van der Waals surface area (Å²) in [4.78, 5) is 6.97. The van der Waals surface area contributed by atoms with Crippen molar-refractivity contribution in [3.8, 4) is 32.8 Å². The Morgan fingerprint density at radius 1 is 0.607 bits per heavy atom. The summed E-state index contributed by atoms with van der Waals surface area (Å²) in [6.07, 6.45) is 0. The second kappa shape index (κ2) is 7.02. The molecule has 0 aliphatic carbocycles. The van der Waals surface area contributed by atoms with Crippen LogP contribution in [0.25, 0.3) is 43.0 Å². The van der Waals surface area contributed by atoms with E-state index in [0.717, 1.165) is 31.9 Å². The van der Waals surface area contributed by atoms with Gasteiger partial charge in [0.25, 0.3) is 0 Å². The molecule has 0 atom stereocenters. The van der Waals surface area contributed by atoms with Crippen LogP contribution in [0, 0.1) is 5.82 Å². The number of benzene rings is 3. The molecule has 0 aliphatic rings. The fourth-order valence-corrected chi connectivity index (χ4v) is 4.36. The molecule has 0 bridgehead atoms. The molecule has 5 aromatic rings. The zero-order chi connectivity index (χ0) is 18.9. The highest BCUT2D eigenvalue weighted by atomic mass is 32.1. The largest absolute Gasteiger partial charge is 0.237 e. The van der Waals surface area contributed by atoms with Crippen LogP contribution in [0.15, 0.2) is 97.1 Å². The van der Waals surface area contributed by atoms with Crippen LogP contribution in [0.3, 0.4) is 0 Å². The molecule has 134 valence electrons. The Kier molecular flexibility index (Phi) is 4.22. The van der Waals surface area contributed by atoms with E-state index >= 15 is 0 Å². The molecule has 1 nitrogen and oxygen atoms in total. The van der Waals surface area contributed by atoms with Gasteiger partial charge in [0.2, 0.25) is 0 Å². The van der Waals surface area contributed by atoms with E-state index in [4.69, 9.17) is 4.98 Å². The third-order valence-electron chi connectivity index (χ3n) is 4.78. The number of aromatic nitrogens is 1. The van der Waals surface area contributed by atoms with Gasteiger partial charge in [-0.05, 0) is 53.1 Å². The van der Waals surface area contributed by atoms with E-state index in [9.17, 15) is 4.39 Å². The van der Waals surface area contributed by atoms with Crippen LogP contribution in [-0.4, -0.2) is 4.98 Å². The van der Waals surface area contributed by atoms with Gasteiger partial charge < -0.3 is 0 Å². The van der Waals surface area contributed by atoms with Crippen molar-refractivity contribution in [2.24, 2.45) is 0 Å². The van der Waals surface area contributed by atoms with Crippen molar-refractivity contribution in [3.63, 3.8) is 0 Å². The van der Waals surface area contributed by atoms with Crippen molar-refractivity contribution in [1.82, 2.24) is 4.98 Å². The fraction of sp³-hybridized carbons (Fsp3) is 0. The van der Waals surface area contributed by atoms with Gasteiger partial charge in [-0.15, -0.1) is 11.3 Å². The lowest BCUT2D eigenvalue weighted by Gasteiger charge is -2.05. The lowest BCUT2D eigenvalue weighted by atomic mass is 10.0. The maximum absolute atomic E-state index is 13.2. The molecule has 2 heterocycles. The summed E-state index contributed by atoms with van der Waals surface area (Å²) < 4.78 is 13.2. The van der Waals surface area contributed by atoms with Crippen LogP contribution in [0.4, 0.5) is 4.39 Å². The first-order chi connectivity index (χ1) is 13.8. The van der Waals surface area contributed by atoms with E-state index in [0.29, 0.717) is 0 Å². The number of halogens is 1. The molecule has 0 saturated carbocycles. The van der Waals surface area contributed by atoms with Crippen LogP contribution < -0.4 is 0 Å². The topological polar surface area (TPSA) is 12.9 Å². The van der Waals surface area contributed by atoms with Gasteiger partial charge in [0.15, 0.2) is 0 Å². The van der Waals surface area contributed by atoms with E-state index in [-0.39, 0.29) is 5.82 Å². The normalized spacial score (nSPS) is 11.0. The summed E-state index contributed by atoms with van der Waals surface area (Å²) in [5, 5.41) is 1.10. The van der Waals surface area contributed by atoms with E-state index in [1.165, 1.54) is 23.3 Å². The molecule has 0 aliphatic heterocycles. The van der Waals surface area contributed by atoms with Crippen LogP contribution >= 0.6 is 11.3 Å². The quantitative estimate of drug-likeness (QED) is 0.316. The summed E-state index contributed by atoms with van der Waals surface area (Å²) in [6, 6.07) is 31.7. The minimum Gasteiger partial charge on any atom is -0.237 e. The molecule has 0 spiro atoms. The molecule has 3 aromatic carbocycles. The third-order valence-corrected chi connectivity index (χ3v) is 5.87. The maximum Gasteiger partial charge on any atom is 0.124 e. The minimum absolute atomic E-state index is 0.219. The van der Waals surface area contributed by atoms with Crippen molar-refractivity contribution in [2.75, 3.05) is 0 Å². The number of hydrogen-bond acceptors (Lipinski definition) is 2. The predicted molar refractivity (Wildman–Crippen MR) is 116 cm³/mol. The molecule has 0 fully saturated rings. The zero-order valence-electron chi connectivity index (χ0n) is 15.0.